The molecule has 3 nitrogen and oxygen atoms in total. The SMILES string of the molecule is CN(C(=O)C=O)C1CCCC1. The zero-order valence-corrected chi connectivity index (χ0v) is 6.75. The van der Waals surface area contributed by atoms with E-state index in [2.05, 4.69) is 0 Å². The van der Waals surface area contributed by atoms with Crippen LogP contribution in [-0.2, 0) is 9.59 Å². The van der Waals surface area contributed by atoms with Gasteiger partial charge in [0.15, 0.2) is 0 Å². The molecule has 0 atom stereocenters. The first-order valence-electron chi connectivity index (χ1n) is 3.97. The van der Waals surface area contributed by atoms with E-state index in [0.29, 0.717) is 12.3 Å². The Kier molecular flexibility index (Phi) is 2.63. The van der Waals surface area contributed by atoms with Crippen molar-refractivity contribution in [2.24, 2.45) is 0 Å². The van der Waals surface area contributed by atoms with Crippen molar-refractivity contribution >= 4 is 12.2 Å². The van der Waals surface area contributed by atoms with Crippen LogP contribution in [0.3, 0.4) is 0 Å². The third kappa shape index (κ3) is 1.79. The minimum Gasteiger partial charge on any atom is -0.336 e. The summed E-state index contributed by atoms with van der Waals surface area (Å²) >= 11 is 0. The predicted molar refractivity (Wildman–Crippen MR) is 41.1 cm³/mol. The summed E-state index contributed by atoms with van der Waals surface area (Å²) in [5.74, 6) is -0.392. The maximum Gasteiger partial charge on any atom is 0.286 e. The highest BCUT2D eigenvalue weighted by molar-refractivity contribution is 6.23. The van der Waals surface area contributed by atoms with Crippen molar-refractivity contribution < 1.29 is 9.59 Å². The Balaban J connectivity index is 2.45. The molecule has 0 radical (unpaired) electrons. The number of carbonyl (C=O) groups excluding carboxylic acids is 2. The molecule has 0 aromatic carbocycles. The Morgan fingerprint density at radius 1 is 1.45 bits per heavy atom. The lowest BCUT2D eigenvalue weighted by Gasteiger charge is -2.21. The molecular weight excluding hydrogens is 142 g/mol. The van der Waals surface area contributed by atoms with Crippen molar-refractivity contribution in [2.45, 2.75) is 31.7 Å². The molecule has 11 heavy (non-hydrogen) atoms. The predicted octanol–water partition coefficient (Wildman–Crippen LogP) is 0.586. The molecule has 0 heterocycles. The van der Waals surface area contributed by atoms with Gasteiger partial charge in [0.05, 0.1) is 0 Å². The third-order valence-corrected chi connectivity index (χ3v) is 2.32. The summed E-state index contributed by atoms with van der Waals surface area (Å²) in [6, 6.07) is 0.313. The number of carbonyl (C=O) groups is 2. The van der Waals surface area contributed by atoms with Crippen LogP contribution in [0.5, 0.6) is 0 Å². The van der Waals surface area contributed by atoms with E-state index in [1.165, 1.54) is 12.8 Å². The van der Waals surface area contributed by atoms with E-state index in [9.17, 15) is 9.59 Å². The zero-order valence-electron chi connectivity index (χ0n) is 6.75. The largest absolute Gasteiger partial charge is 0.336 e. The van der Waals surface area contributed by atoms with Gasteiger partial charge in [-0.15, -0.1) is 0 Å². The van der Waals surface area contributed by atoms with Gasteiger partial charge in [-0.1, -0.05) is 12.8 Å². The van der Waals surface area contributed by atoms with E-state index in [-0.39, 0.29) is 0 Å². The lowest BCUT2D eigenvalue weighted by atomic mass is 10.2. The van der Waals surface area contributed by atoms with E-state index < -0.39 is 5.91 Å². The van der Waals surface area contributed by atoms with Crippen LogP contribution in [0.25, 0.3) is 0 Å². The first-order chi connectivity index (χ1) is 5.25. The highest BCUT2D eigenvalue weighted by Gasteiger charge is 2.22. The highest BCUT2D eigenvalue weighted by atomic mass is 16.2. The van der Waals surface area contributed by atoms with E-state index >= 15 is 0 Å². The first kappa shape index (κ1) is 8.24. The fourth-order valence-corrected chi connectivity index (χ4v) is 1.55. The maximum atomic E-state index is 10.9. The Morgan fingerprint density at radius 2 is 2.00 bits per heavy atom. The fourth-order valence-electron chi connectivity index (χ4n) is 1.55. The molecule has 62 valence electrons. The monoisotopic (exact) mass is 155 g/mol. The number of rotatable bonds is 2. The van der Waals surface area contributed by atoms with Crippen molar-refractivity contribution in [3.8, 4) is 0 Å². The standard InChI is InChI=1S/C8H13NO2/c1-9(8(11)6-10)7-4-2-3-5-7/h6-7H,2-5H2,1H3. The quantitative estimate of drug-likeness (QED) is 0.432. The van der Waals surface area contributed by atoms with Gasteiger partial charge in [0, 0.05) is 13.1 Å². The number of nitrogens with zero attached hydrogens (tertiary/aromatic N) is 1. The molecule has 3 heteroatoms. The lowest BCUT2D eigenvalue weighted by molar-refractivity contribution is -0.139. The van der Waals surface area contributed by atoms with Gasteiger partial charge in [-0.3, -0.25) is 9.59 Å². The summed E-state index contributed by atoms with van der Waals surface area (Å²) in [7, 11) is 1.70. The summed E-state index contributed by atoms with van der Waals surface area (Å²) < 4.78 is 0. The number of likely N-dealkylation sites (N-methyl/N-ethyl adjacent to an activating group) is 1. The van der Waals surface area contributed by atoms with Gasteiger partial charge < -0.3 is 4.90 Å². The molecule has 0 spiro atoms. The van der Waals surface area contributed by atoms with Gasteiger partial charge >= 0.3 is 0 Å². The Bertz CT molecular complexity index is 161. The Morgan fingerprint density at radius 3 is 2.45 bits per heavy atom. The molecule has 1 fully saturated rings. The van der Waals surface area contributed by atoms with Crippen LogP contribution in [0.1, 0.15) is 25.7 Å². The lowest BCUT2D eigenvalue weighted by Crippen LogP contribution is -2.35. The normalized spacial score (nSPS) is 18.3. The molecule has 0 aliphatic heterocycles. The van der Waals surface area contributed by atoms with Gasteiger partial charge in [-0.05, 0) is 12.8 Å². The van der Waals surface area contributed by atoms with Crippen molar-refractivity contribution in [1.29, 1.82) is 0 Å². The average Bonchev–Trinajstić information content (AvgIpc) is 2.53. The highest BCUT2D eigenvalue weighted by Crippen LogP contribution is 2.21. The smallest absolute Gasteiger partial charge is 0.286 e. The van der Waals surface area contributed by atoms with Crippen LogP contribution in [0.2, 0.25) is 0 Å². The minimum absolute atomic E-state index is 0.313. The van der Waals surface area contributed by atoms with Crippen LogP contribution in [0.4, 0.5) is 0 Å². The molecular formula is C8H13NO2. The summed E-state index contributed by atoms with van der Waals surface area (Å²) in [6.45, 7) is 0. The Labute approximate surface area is 66.4 Å². The molecule has 1 rings (SSSR count). The topological polar surface area (TPSA) is 37.4 Å². The average molecular weight is 155 g/mol. The zero-order chi connectivity index (χ0) is 8.27. The second kappa shape index (κ2) is 3.51. The molecule has 0 saturated heterocycles. The van der Waals surface area contributed by atoms with E-state index in [1.807, 2.05) is 0 Å². The van der Waals surface area contributed by atoms with Crippen molar-refractivity contribution in [1.82, 2.24) is 4.90 Å². The summed E-state index contributed by atoms with van der Waals surface area (Å²) in [5, 5.41) is 0. The van der Waals surface area contributed by atoms with Crippen molar-refractivity contribution in [3.05, 3.63) is 0 Å². The van der Waals surface area contributed by atoms with Crippen LogP contribution >= 0.6 is 0 Å². The summed E-state index contributed by atoms with van der Waals surface area (Å²) in [5.41, 5.74) is 0. The third-order valence-electron chi connectivity index (χ3n) is 2.32. The molecule has 1 saturated carbocycles. The van der Waals surface area contributed by atoms with Crippen LogP contribution < -0.4 is 0 Å². The van der Waals surface area contributed by atoms with Gasteiger partial charge in [-0.2, -0.15) is 0 Å². The van der Waals surface area contributed by atoms with Gasteiger partial charge in [0.25, 0.3) is 5.91 Å². The molecule has 0 unspecified atom stereocenters. The van der Waals surface area contributed by atoms with Crippen LogP contribution in [0.15, 0.2) is 0 Å². The number of hydrogen-bond donors (Lipinski definition) is 0. The summed E-state index contributed by atoms with van der Waals surface area (Å²) in [6.07, 6.45) is 4.85. The molecule has 0 aromatic rings. The maximum absolute atomic E-state index is 10.9. The Hall–Kier alpha value is -0.860. The van der Waals surface area contributed by atoms with Crippen molar-refractivity contribution in [3.63, 3.8) is 0 Å². The minimum atomic E-state index is -0.392. The van der Waals surface area contributed by atoms with Crippen molar-refractivity contribution in [2.75, 3.05) is 7.05 Å². The number of aldehydes is 1. The molecule has 0 bridgehead atoms. The van der Waals surface area contributed by atoms with Gasteiger partial charge in [0.1, 0.15) is 0 Å². The van der Waals surface area contributed by atoms with Crippen LogP contribution in [-0.4, -0.2) is 30.2 Å². The number of hydrogen-bond acceptors (Lipinski definition) is 2. The molecule has 0 N–H and O–H groups in total. The fraction of sp³-hybridized carbons (Fsp3) is 0.750. The molecule has 1 aliphatic rings. The second-order valence-corrected chi connectivity index (χ2v) is 3.01. The van der Waals surface area contributed by atoms with E-state index in [4.69, 9.17) is 0 Å². The van der Waals surface area contributed by atoms with Gasteiger partial charge in [-0.25, -0.2) is 0 Å². The molecule has 1 aliphatic carbocycles. The van der Waals surface area contributed by atoms with E-state index in [0.717, 1.165) is 12.8 Å². The molecule has 1 amide bonds. The summed E-state index contributed by atoms with van der Waals surface area (Å²) in [4.78, 5) is 22.5. The van der Waals surface area contributed by atoms with E-state index in [1.54, 1.807) is 11.9 Å². The second-order valence-electron chi connectivity index (χ2n) is 3.01. The van der Waals surface area contributed by atoms with Gasteiger partial charge in [0.2, 0.25) is 6.29 Å². The van der Waals surface area contributed by atoms with Crippen LogP contribution in [0, 0.1) is 0 Å². The first-order valence-corrected chi connectivity index (χ1v) is 3.97. The molecule has 0 aromatic heterocycles. The number of amides is 1.